The first kappa shape index (κ1) is 18.8. The summed E-state index contributed by atoms with van der Waals surface area (Å²) in [5.74, 6) is 1.69. The van der Waals surface area contributed by atoms with Gasteiger partial charge in [0, 0.05) is 44.1 Å². The van der Waals surface area contributed by atoms with E-state index in [0.29, 0.717) is 5.78 Å². The van der Waals surface area contributed by atoms with Crippen LogP contribution >= 0.6 is 0 Å². The van der Waals surface area contributed by atoms with E-state index >= 15 is 0 Å². The molecular formula is C24H25N5O. The van der Waals surface area contributed by atoms with Crippen molar-refractivity contribution in [1.29, 1.82) is 0 Å². The van der Waals surface area contributed by atoms with E-state index in [9.17, 15) is 0 Å². The molecular weight excluding hydrogens is 374 g/mol. The fourth-order valence-electron chi connectivity index (χ4n) is 3.87. The van der Waals surface area contributed by atoms with E-state index in [2.05, 4.69) is 63.7 Å². The van der Waals surface area contributed by atoms with Crippen LogP contribution in [0.5, 0.6) is 0 Å². The second-order valence-electron chi connectivity index (χ2n) is 7.42. The van der Waals surface area contributed by atoms with Gasteiger partial charge in [-0.15, -0.1) is 0 Å². The van der Waals surface area contributed by atoms with Gasteiger partial charge in [-0.25, -0.2) is 9.97 Å². The molecule has 2 aromatic carbocycles. The SMILES string of the molecule is c1ccc(-c2ccc(-c3nc4ncccn4c3NCCN3CCOCC3)cc2)cc1. The van der Waals surface area contributed by atoms with E-state index in [1.54, 1.807) is 6.20 Å². The lowest BCUT2D eigenvalue weighted by molar-refractivity contribution is 0.0398. The lowest BCUT2D eigenvalue weighted by Crippen LogP contribution is -2.39. The topological polar surface area (TPSA) is 54.7 Å². The summed E-state index contributed by atoms with van der Waals surface area (Å²) in [7, 11) is 0. The average Bonchev–Trinajstić information content (AvgIpc) is 3.19. The highest BCUT2D eigenvalue weighted by Gasteiger charge is 2.16. The largest absolute Gasteiger partial charge is 0.379 e. The average molecular weight is 399 g/mol. The van der Waals surface area contributed by atoms with Gasteiger partial charge >= 0.3 is 0 Å². The molecule has 0 atom stereocenters. The van der Waals surface area contributed by atoms with Gasteiger partial charge < -0.3 is 10.1 Å². The maximum atomic E-state index is 5.44. The molecule has 6 nitrogen and oxygen atoms in total. The number of hydrogen-bond acceptors (Lipinski definition) is 5. The van der Waals surface area contributed by atoms with Gasteiger partial charge in [0.1, 0.15) is 11.5 Å². The normalized spacial score (nSPS) is 14.8. The third kappa shape index (κ3) is 3.92. The van der Waals surface area contributed by atoms with E-state index in [1.165, 1.54) is 11.1 Å². The monoisotopic (exact) mass is 399 g/mol. The van der Waals surface area contributed by atoms with E-state index in [4.69, 9.17) is 9.72 Å². The standard InChI is InChI=1S/C24H25N5O/c1-2-5-19(6-3-1)20-7-9-21(10-8-20)22-23(29-13-4-11-26-24(29)27-22)25-12-14-28-15-17-30-18-16-28/h1-11,13,25H,12,14-18H2. The Bertz CT molecular complexity index is 1100. The highest BCUT2D eigenvalue weighted by molar-refractivity contribution is 5.77. The molecule has 0 unspecified atom stereocenters. The third-order valence-corrected chi connectivity index (χ3v) is 5.49. The number of benzene rings is 2. The summed E-state index contributed by atoms with van der Waals surface area (Å²) >= 11 is 0. The fraction of sp³-hybridized carbons (Fsp3) is 0.250. The van der Waals surface area contributed by atoms with Crippen LogP contribution in [-0.2, 0) is 4.74 Å². The Morgan fingerprint density at radius 1 is 0.867 bits per heavy atom. The zero-order valence-corrected chi connectivity index (χ0v) is 16.9. The molecule has 3 heterocycles. The number of nitrogens with one attached hydrogen (secondary N) is 1. The molecule has 6 heteroatoms. The van der Waals surface area contributed by atoms with Gasteiger partial charge in [-0.2, -0.15) is 0 Å². The Kier molecular flexibility index (Phi) is 5.42. The second-order valence-corrected chi connectivity index (χ2v) is 7.42. The Labute approximate surface area is 176 Å². The van der Waals surface area contributed by atoms with Crippen molar-refractivity contribution in [1.82, 2.24) is 19.3 Å². The van der Waals surface area contributed by atoms with Gasteiger partial charge in [-0.05, 0) is 17.2 Å². The molecule has 0 amide bonds. The van der Waals surface area contributed by atoms with E-state index in [0.717, 1.165) is 56.5 Å². The molecule has 0 aliphatic carbocycles. The van der Waals surface area contributed by atoms with Crippen LogP contribution in [0.2, 0.25) is 0 Å². The first-order chi connectivity index (χ1) is 14.9. The molecule has 1 N–H and O–H groups in total. The van der Waals surface area contributed by atoms with Gasteiger partial charge in [-0.1, -0.05) is 54.6 Å². The number of aromatic nitrogens is 3. The number of anilines is 1. The summed E-state index contributed by atoms with van der Waals surface area (Å²) in [4.78, 5) is 11.7. The molecule has 4 aromatic rings. The molecule has 30 heavy (non-hydrogen) atoms. The molecule has 1 aliphatic rings. The first-order valence-corrected chi connectivity index (χ1v) is 10.4. The van der Waals surface area contributed by atoms with Crippen LogP contribution in [0.4, 0.5) is 5.82 Å². The number of hydrogen-bond donors (Lipinski definition) is 1. The minimum Gasteiger partial charge on any atom is -0.379 e. The number of imidazole rings is 1. The summed E-state index contributed by atoms with van der Waals surface area (Å²) in [6, 6.07) is 20.9. The van der Waals surface area contributed by atoms with Crippen molar-refractivity contribution in [2.45, 2.75) is 0 Å². The zero-order valence-electron chi connectivity index (χ0n) is 16.9. The first-order valence-electron chi connectivity index (χ1n) is 10.4. The van der Waals surface area contributed by atoms with Crippen molar-refractivity contribution < 1.29 is 4.74 Å². The summed E-state index contributed by atoms with van der Waals surface area (Å²) in [5, 5.41) is 3.61. The molecule has 0 saturated carbocycles. The molecule has 1 saturated heterocycles. The van der Waals surface area contributed by atoms with Crippen LogP contribution in [0.15, 0.2) is 73.1 Å². The molecule has 2 aromatic heterocycles. The second kappa shape index (κ2) is 8.65. The molecule has 0 bridgehead atoms. The summed E-state index contributed by atoms with van der Waals surface area (Å²) in [5.41, 5.74) is 4.41. The Morgan fingerprint density at radius 2 is 1.60 bits per heavy atom. The van der Waals surface area contributed by atoms with Crippen LogP contribution in [0.25, 0.3) is 28.2 Å². The van der Waals surface area contributed by atoms with Crippen LogP contribution in [0, 0.1) is 0 Å². The Balaban J connectivity index is 1.41. The van der Waals surface area contributed by atoms with Crippen LogP contribution < -0.4 is 5.32 Å². The van der Waals surface area contributed by atoms with Gasteiger partial charge in [0.25, 0.3) is 0 Å². The maximum Gasteiger partial charge on any atom is 0.235 e. The van der Waals surface area contributed by atoms with Crippen LogP contribution in [0.1, 0.15) is 0 Å². The lowest BCUT2D eigenvalue weighted by atomic mass is 10.0. The van der Waals surface area contributed by atoms with E-state index in [-0.39, 0.29) is 0 Å². The van der Waals surface area contributed by atoms with Crippen molar-refractivity contribution in [3.63, 3.8) is 0 Å². The minimum absolute atomic E-state index is 0.702. The molecule has 152 valence electrons. The number of nitrogens with zero attached hydrogens (tertiary/aromatic N) is 4. The Morgan fingerprint density at radius 3 is 2.40 bits per heavy atom. The number of morpholine rings is 1. The lowest BCUT2D eigenvalue weighted by Gasteiger charge is -2.26. The van der Waals surface area contributed by atoms with Crippen LogP contribution in [-0.4, -0.2) is 58.7 Å². The van der Waals surface area contributed by atoms with Crippen molar-refractivity contribution in [3.8, 4) is 22.4 Å². The summed E-state index contributed by atoms with van der Waals surface area (Å²) < 4.78 is 7.47. The van der Waals surface area contributed by atoms with Gasteiger partial charge in [0.05, 0.1) is 13.2 Å². The van der Waals surface area contributed by atoms with Gasteiger partial charge in [0.2, 0.25) is 5.78 Å². The number of ether oxygens (including phenoxy) is 1. The van der Waals surface area contributed by atoms with Crippen LogP contribution in [0.3, 0.4) is 0 Å². The van der Waals surface area contributed by atoms with Gasteiger partial charge in [-0.3, -0.25) is 9.30 Å². The fourth-order valence-corrected chi connectivity index (χ4v) is 3.87. The number of rotatable bonds is 6. The minimum atomic E-state index is 0.702. The number of fused-ring (bicyclic) bond motifs is 1. The quantitative estimate of drug-likeness (QED) is 0.534. The van der Waals surface area contributed by atoms with Gasteiger partial charge in [0.15, 0.2) is 0 Å². The molecule has 1 aliphatic heterocycles. The summed E-state index contributed by atoms with van der Waals surface area (Å²) in [6.45, 7) is 5.44. The van der Waals surface area contributed by atoms with E-state index < -0.39 is 0 Å². The summed E-state index contributed by atoms with van der Waals surface area (Å²) in [6.07, 6.45) is 3.79. The molecule has 5 rings (SSSR count). The van der Waals surface area contributed by atoms with Crippen molar-refractivity contribution in [2.75, 3.05) is 44.7 Å². The third-order valence-electron chi connectivity index (χ3n) is 5.49. The highest BCUT2D eigenvalue weighted by atomic mass is 16.5. The highest BCUT2D eigenvalue weighted by Crippen LogP contribution is 2.30. The molecule has 1 fully saturated rings. The van der Waals surface area contributed by atoms with Crippen molar-refractivity contribution in [2.24, 2.45) is 0 Å². The van der Waals surface area contributed by atoms with Crippen molar-refractivity contribution in [3.05, 3.63) is 73.1 Å². The zero-order chi connectivity index (χ0) is 20.2. The smallest absolute Gasteiger partial charge is 0.235 e. The predicted octanol–water partition coefficient (Wildman–Crippen LogP) is 3.81. The Hall–Kier alpha value is -3.22. The van der Waals surface area contributed by atoms with Crippen molar-refractivity contribution >= 4 is 11.6 Å². The predicted molar refractivity (Wildman–Crippen MR) is 120 cm³/mol. The molecule has 0 spiro atoms. The molecule has 0 radical (unpaired) electrons. The van der Waals surface area contributed by atoms with E-state index in [1.807, 2.05) is 22.7 Å². The maximum absolute atomic E-state index is 5.44.